The molecule has 0 N–H and O–H groups in total. The molecule has 4 fully saturated rings. The molecule has 8 rings (SSSR count). The van der Waals surface area contributed by atoms with Crippen molar-refractivity contribution in [2.75, 3.05) is 107 Å². The zero-order valence-corrected chi connectivity index (χ0v) is 46.3. The predicted octanol–water partition coefficient (Wildman–Crippen LogP) is 11.6. The maximum Gasteiger partial charge on any atom is 0.306 e. The Labute approximate surface area is 527 Å². The fourth-order valence-electron chi connectivity index (χ4n) is 9.87. The second kappa shape index (κ2) is 34.1. The Kier molecular flexibility index (Phi) is 14.1. The van der Waals surface area contributed by atoms with E-state index >= 15 is 0 Å². The topological polar surface area (TPSA) is 118 Å². The van der Waals surface area contributed by atoms with Crippen LogP contribution in [0.25, 0.3) is 0 Å². The van der Waals surface area contributed by atoms with Gasteiger partial charge in [-0.1, -0.05) is 121 Å². The number of carbonyl (C=O) groups excluding carboxylic acids is 4. The van der Waals surface area contributed by atoms with Gasteiger partial charge in [-0.05, 0) is 229 Å². The van der Waals surface area contributed by atoms with E-state index in [1.165, 1.54) is 24.0 Å². The van der Waals surface area contributed by atoms with Gasteiger partial charge in [0, 0.05) is 38.4 Å². The minimum atomic E-state index is -3.51. The van der Waals surface area contributed by atoms with Gasteiger partial charge in [-0.25, -0.2) is 0 Å². The van der Waals surface area contributed by atoms with Gasteiger partial charge in [-0.2, -0.15) is 0 Å². The quantitative estimate of drug-likeness (QED) is 0.0619. The molecule has 0 bridgehead atoms. The van der Waals surface area contributed by atoms with Crippen LogP contribution in [0.1, 0.15) is 171 Å². The number of likely N-dealkylation sites (tertiary alicyclic amines) is 4. The summed E-state index contributed by atoms with van der Waals surface area (Å²) in [6.07, 6.45) is -11.8. The lowest BCUT2D eigenvalue weighted by Crippen LogP contribution is -2.40. The first-order chi connectivity index (χ1) is 50.9. The van der Waals surface area contributed by atoms with E-state index < -0.39 is 152 Å². The molecule has 4 heterocycles. The van der Waals surface area contributed by atoms with Crippen molar-refractivity contribution in [3.63, 3.8) is 0 Å². The van der Waals surface area contributed by atoms with Crippen LogP contribution < -0.4 is 0 Å². The van der Waals surface area contributed by atoms with Crippen LogP contribution >= 0.6 is 0 Å². The Morgan fingerprint density at radius 3 is 1.02 bits per heavy atom. The lowest BCUT2D eigenvalue weighted by Gasteiger charge is -2.40. The maximum atomic E-state index is 12.5. The van der Waals surface area contributed by atoms with Gasteiger partial charge >= 0.3 is 23.9 Å². The maximum absolute atomic E-state index is 12.5. The third-order valence-corrected chi connectivity index (χ3v) is 14.0. The van der Waals surface area contributed by atoms with Crippen molar-refractivity contribution in [1.82, 2.24) is 19.6 Å². The number of rotatable bonds is 20. The van der Waals surface area contributed by atoms with Crippen molar-refractivity contribution in [3.8, 4) is 0 Å². The standard InChI is InChI=1S/4C17H25NO2/c4*1-3-20-16(19)14-17(9-11-18(2)12-10-17)13-15-7-5-4-6-8-15/h4*4-8H,3,9-14H2,1-2H3/i2D3,9D2,10D2,11D2,12D2;9D2,10D2,11D2,12D2;1D3,2D3,3D2;1D3,3D2. The zero-order valence-electron chi connectivity index (χ0n) is 78.3. The first-order valence-corrected chi connectivity index (χ1v) is 26.7. The van der Waals surface area contributed by atoms with Gasteiger partial charge in [0.15, 0.2) is 0 Å². The third-order valence-electron chi connectivity index (χ3n) is 14.0. The van der Waals surface area contributed by atoms with Crippen molar-refractivity contribution in [2.24, 2.45) is 21.7 Å². The number of benzene rings is 4. The molecule has 0 atom stereocenters. The van der Waals surface area contributed by atoms with Crippen LogP contribution in [-0.4, -0.2) is 150 Å². The van der Waals surface area contributed by atoms with Crippen LogP contribution in [0.2, 0.25) is 0 Å². The molecule has 4 saturated heterocycles. The lowest BCUT2D eigenvalue weighted by molar-refractivity contribution is -0.147. The number of ether oxygens (including phenoxy) is 4. The molecule has 4 aromatic rings. The number of hydrogen-bond donors (Lipinski definition) is 0. The molecule has 0 amide bonds. The molecule has 12 heteroatoms. The van der Waals surface area contributed by atoms with Crippen LogP contribution in [-0.2, 0) is 63.8 Å². The number of piperidine rings is 4. The first-order valence-electron chi connectivity index (χ1n) is 42.7. The summed E-state index contributed by atoms with van der Waals surface area (Å²) in [5.41, 5.74) is -3.07. The molecule has 12 nitrogen and oxygen atoms in total. The fraction of sp³-hybridized carbons (Fsp3) is 0.588. The van der Waals surface area contributed by atoms with Crippen LogP contribution in [0.5, 0.6) is 0 Å². The van der Waals surface area contributed by atoms with Gasteiger partial charge in [0.2, 0.25) is 0 Å². The second-order valence-corrected chi connectivity index (χ2v) is 20.4. The third kappa shape index (κ3) is 23.2. The highest BCUT2D eigenvalue weighted by Crippen LogP contribution is 2.42. The number of esters is 4. The summed E-state index contributed by atoms with van der Waals surface area (Å²) < 4.78 is 273. The molecule has 440 valence electrons. The first kappa shape index (κ1) is 33.0. The molecule has 80 heavy (non-hydrogen) atoms. The molecule has 0 aromatic heterocycles. The summed E-state index contributed by atoms with van der Waals surface area (Å²) in [6, 6.07) is 35.4. The SMILES string of the molecule is [2H]C([2H])([2H])C([2H])([2H])OC(=O)CC1(Cc2ccccc2)CCN(C)CC1.[2H]C([2H])([2H])N1C([2H])([2H])C([2H])([2H])C(CC(=O)OCC)(Cc2ccccc2)C([2H])([2H])C1([2H])[2H].[2H]C([2H])([2H])N1CCC(CC(=O)OC([2H])([2H])C([2H])([2H])[2H])(Cc2ccccc2)CC1.[2H]C1([2H])N(C)C([2H])([2H])C([2H])([2H])C(CC(=O)OCC)(Cc2ccccc2)C1([2H])[2H]. The molecule has 0 unspecified atom stereocenters. The van der Waals surface area contributed by atoms with E-state index in [0.29, 0.717) is 41.7 Å². The van der Waals surface area contributed by atoms with E-state index in [2.05, 4.69) is 9.64 Å². The van der Waals surface area contributed by atoms with Gasteiger partial charge in [-0.3, -0.25) is 19.2 Å². The summed E-state index contributed by atoms with van der Waals surface area (Å²) in [5.74, 6) is -3.66. The van der Waals surface area contributed by atoms with Crippen LogP contribution in [0, 0.1) is 21.7 Å². The Bertz CT molecular complexity index is 3680. The molecular formula is C68H100N4O8. The average Bonchev–Trinajstić information content (AvgIpc) is 0.705. The minimum absolute atomic E-state index is 0.00800. The van der Waals surface area contributed by atoms with Crippen molar-refractivity contribution < 1.29 is 82.0 Å². The molecule has 0 aliphatic carbocycles. The number of nitrogens with zero attached hydrogens (tertiary/aromatic N) is 4. The summed E-state index contributed by atoms with van der Waals surface area (Å²) in [4.78, 5) is 53.2. The minimum Gasteiger partial charge on any atom is -0.466 e. The summed E-state index contributed by atoms with van der Waals surface area (Å²) in [5, 5.41) is 0. The largest absolute Gasteiger partial charge is 0.466 e. The monoisotopic (exact) mass is 1130 g/mol. The van der Waals surface area contributed by atoms with Crippen LogP contribution in [0.15, 0.2) is 121 Å². The molecular weight excluding hydrogens is 1000 g/mol. The molecule has 4 aromatic carbocycles. The number of carbonyl (C=O) groups is 4. The average molecular weight is 1130 g/mol. The lowest BCUT2D eigenvalue weighted by atomic mass is 9.71. The Morgan fingerprint density at radius 1 is 0.425 bits per heavy atom. The van der Waals surface area contributed by atoms with Gasteiger partial charge in [0.25, 0.3) is 0 Å². The van der Waals surface area contributed by atoms with E-state index in [1.807, 2.05) is 67.7 Å². The van der Waals surface area contributed by atoms with Crippen molar-refractivity contribution in [2.45, 2.75) is 130 Å². The molecule has 4 aliphatic rings. The van der Waals surface area contributed by atoms with E-state index in [1.54, 1.807) is 55.5 Å². The van der Waals surface area contributed by atoms with E-state index in [9.17, 15) is 19.2 Å². The smallest absolute Gasteiger partial charge is 0.306 e. The molecule has 0 saturated carbocycles. The molecule has 0 spiro atoms. The summed E-state index contributed by atoms with van der Waals surface area (Å²) in [6.45, 7) is -25.5. The van der Waals surface area contributed by atoms with Gasteiger partial charge in [-0.15, -0.1) is 0 Å². The Balaban J connectivity index is 0.000000268. The van der Waals surface area contributed by atoms with E-state index in [4.69, 9.17) is 58.1 Å². The van der Waals surface area contributed by atoms with Crippen molar-refractivity contribution in [1.29, 1.82) is 0 Å². The van der Waals surface area contributed by atoms with Crippen molar-refractivity contribution in [3.05, 3.63) is 144 Å². The highest BCUT2D eigenvalue weighted by molar-refractivity contribution is 5.71. The molecule has 0 radical (unpaired) electrons. The van der Waals surface area contributed by atoms with Crippen LogP contribution in [0.3, 0.4) is 0 Å². The zero-order chi connectivity index (χ0) is 85.6. The van der Waals surface area contributed by atoms with Crippen LogP contribution in [0.4, 0.5) is 0 Å². The second-order valence-electron chi connectivity index (χ2n) is 20.4. The fourth-order valence-corrected chi connectivity index (χ4v) is 9.87. The summed E-state index contributed by atoms with van der Waals surface area (Å²) >= 11 is 0. The summed E-state index contributed by atoms with van der Waals surface area (Å²) in [7, 11) is 3.03. The van der Waals surface area contributed by atoms with Gasteiger partial charge in [0.05, 0.1) is 57.5 Å². The van der Waals surface area contributed by atoms with E-state index in [0.717, 1.165) is 44.1 Å². The Hall–Kier alpha value is -5.40. The number of hydrogen-bond acceptors (Lipinski definition) is 12. The highest BCUT2D eigenvalue weighted by atomic mass is 16.5. The normalized spacial score (nSPS) is 30.6. The van der Waals surface area contributed by atoms with Gasteiger partial charge < -0.3 is 38.5 Å². The predicted molar refractivity (Wildman–Crippen MR) is 322 cm³/mol. The van der Waals surface area contributed by atoms with E-state index in [-0.39, 0.29) is 55.9 Å². The van der Waals surface area contributed by atoms with Crippen molar-refractivity contribution >= 4 is 23.9 Å². The molecule has 4 aliphatic heterocycles. The Morgan fingerprint density at radius 2 is 0.713 bits per heavy atom. The van der Waals surface area contributed by atoms with Gasteiger partial charge in [0.1, 0.15) is 0 Å². The highest BCUT2D eigenvalue weighted by Gasteiger charge is 2.40.